The molecule has 0 aromatic carbocycles. The first-order valence-electron chi connectivity index (χ1n) is 10.5. The fraction of sp³-hybridized carbons (Fsp3) is 0.864. The third-order valence-corrected chi connectivity index (χ3v) is 7.78. The molecular formula is C22H34O5. The van der Waals surface area contributed by atoms with Crippen LogP contribution in [0.15, 0.2) is 12.2 Å². The Bertz CT molecular complexity index is 618. The molecule has 1 aliphatic carbocycles. The van der Waals surface area contributed by atoms with E-state index in [0.29, 0.717) is 30.6 Å². The van der Waals surface area contributed by atoms with Gasteiger partial charge in [0.15, 0.2) is 0 Å². The average Bonchev–Trinajstić information content (AvgIpc) is 2.95. The lowest BCUT2D eigenvalue weighted by atomic mass is 9.59. The van der Waals surface area contributed by atoms with Crippen LogP contribution < -0.4 is 0 Å². The Labute approximate surface area is 162 Å². The van der Waals surface area contributed by atoms with Gasteiger partial charge in [0.05, 0.1) is 30.5 Å². The molecule has 152 valence electrons. The summed E-state index contributed by atoms with van der Waals surface area (Å²) in [5.41, 5.74) is 0.403. The summed E-state index contributed by atoms with van der Waals surface area (Å²) < 4.78 is 19.0. The lowest BCUT2D eigenvalue weighted by Gasteiger charge is -2.46. The zero-order chi connectivity index (χ0) is 19.5. The van der Waals surface area contributed by atoms with E-state index in [1.54, 1.807) is 0 Å². The van der Waals surface area contributed by atoms with E-state index in [2.05, 4.69) is 27.4 Å². The number of ether oxygens (including phenoxy) is 3. The van der Waals surface area contributed by atoms with Gasteiger partial charge in [-0.25, -0.2) is 0 Å². The van der Waals surface area contributed by atoms with Crippen LogP contribution in [0, 0.1) is 29.6 Å². The fourth-order valence-electron chi connectivity index (χ4n) is 6.36. The van der Waals surface area contributed by atoms with E-state index in [9.17, 15) is 9.90 Å². The lowest BCUT2D eigenvalue weighted by molar-refractivity contribution is -0.160. The number of fused-ring (bicyclic) bond motifs is 2. The van der Waals surface area contributed by atoms with Crippen molar-refractivity contribution in [3.8, 4) is 0 Å². The van der Waals surface area contributed by atoms with Crippen LogP contribution in [-0.4, -0.2) is 47.7 Å². The van der Waals surface area contributed by atoms with Crippen LogP contribution in [-0.2, 0) is 19.0 Å². The number of carbonyl (C=O) groups is 1. The summed E-state index contributed by atoms with van der Waals surface area (Å²) in [6, 6.07) is 0. The molecule has 3 heterocycles. The highest BCUT2D eigenvalue weighted by molar-refractivity contribution is 5.66. The van der Waals surface area contributed by atoms with Crippen LogP contribution >= 0.6 is 0 Å². The zero-order valence-corrected chi connectivity index (χ0v) is 17.0. The van der Waals surface area contributed by atoms with E-state index in [4.69, 9.17) is 14.2 Å². The van der Waals surface area contributed by atoms with Crippen LogP contribution in [0.2, 0.25) is 0 Å². The molecule has 4 rings (SSSR count). The second-order valence-corrected chi connectivity index (χ2v) is 9.72. The van der Waals surface area contributed by atoms with Gasteiger partial charge in [0.2, 0.25) is 0 Å². The molecule has 0 unspecified atom stereocenters. The summed E-state index contributed by atoms with van der Waals surface area (Å²) in [7, 11) is 0. The van der Waals surface area contributed by atoms with Crippen molar-refractivity contribution >= 4 is 5.97 Å². The SMILES string of the molecule is C=C1C[C@@H]2O[C@H]3[C@H]4[C@@H](C[C@@H](C)[C@@H](OC(C)=O)[C@H]42)[C@@H](C)CO[C@@]3(C)CC[C@@H]1O. The number of aliphatic hydroxyl groups excluding tert-OH is 1. The third kappa shape index (κ3) is 3.16. The highest BCUT2D eigenvalue weighted by Gasteiger charge is 2.63. The summed E-state index contributed by atoms with van der Waals surface area (Å²) in [4.78, 5) is 11.9. The highest BCUT2D eigenvalue weighted by Crippen LogP contribution is 2.57. The molecule has 5 heteroatoms. The molecule has 1 N–H and O–H groups in total. The molecular weight excluding hydrogens is 344 g/mol. The van der Waals surface area contributed by atoms with Gasteiger partial charge in [0.25, 0.3) is 0 Å². The highest BCUT2D eigenvalue weighted by atomic mass is 16.6. The molecule has 5 nitrogen and oxygen atoms in total. The monoisotopic (exact) mass is 378 g/mol. The molecule has 0 amide bonds. The zero-order valence-electron chi connectivity index (χ0n) is 17.0. The van der Waals surface area contributed by atoms with E-state index in [1.165, 1.54) is 6.92 Å². The first-order chi connectivity index (χ1) is 12.7. The first kappa shape index (κ1) is 19.4. The van der Waals surface area contributed by atoms with Crippen molar-refractivity contribution in [3.63, 3.8) is 0 Å². The molecule has 4 aliphatic rings. The minimum absolute atomic E-state index is 0.0221. The third-order valence-electron chi connectivity index (χ3n) is 7.78. The van der Waals surface area contributed by atoms with E-state index in [1.807, 2.05) is 0 Å². The van der Waals surface area contributed by atoms with Gasteiger partial charge in [-0.3, -0.25) is 4.79 Å². The Kier molecular flexibility index (Phi) is 4.93. The maximum atomic E-state index is 11.9. The second-order valence-electron chi connectivity index (χ2n) is 9.72. The van der Waals surface area contributed by atoms with Gasteiger partial charge >= 0.3 is 5.97 Å². The maximum Gasteiger partial charge on any atom is 0.302 e. The van der Waals surface area contributed by atoms with Crippen molar-refractivity contribution in [1.29, 1.82) is 0 Å². The maximum absolute atomic E-state index is 11.9. The minimum atomic E-state index is -0.531. The van der Waals surface area contributed by atoms with E-state index in [-0.39, 0.29) is 36.1 Å². The first-order valence-corrected chi connectivity index (χ1v) is 10.5. The van der Waals surface area contributed by atoms with E-state index >= 15 is 0 Å². The van der Waals surface area contributed by atoms with Gasteiger partial charge in [-0.2, -0.15) is 0 Å². The van der Waals surface area contributed by atoms with Crippen LogP contribution in [0.3, 0.4) is 0 Å². The molecule has 0 spiro atoms. The number of esters is 1. The molecule has 0 aromatic rings. The van der Waals surface area contributed by atoms with Gasteiger partial charge in [0.1, 0.15) is 6.10 Å². The molecule has 0 aromatic heterocycles. The number of hydrogen-bond donors (Lipinski definition) is 1. The van der Waals surface area contributed by atoms with E-state index in [0.717, 1.165) is 25.0 Å². The predicted molar refractivity (Wildman–Crippen MR) is 101 cm³/mol. The number of aliphatic hydroxyl groups is 1. The smallest absolute Gasteiger partial charge is 0.302 e. The summed E-state index contributed by atoms with van der Waals surface area (Å²) in [6.45, 7) is 13.0. The predicted octanol–water partition coefficient (Wildman–Crippen LogP) is 3.10. The van der Waals surface area contributed by atoms with Crippen LogP contribution in [0.1, 0.15) is 53.4 Å². The Hall–Kier alpha value is -0.910. The quantitative estimate of drug-likeness (QED) is 0.561. The van der Waals surface area contributed by atoms with Crippen molar-refractivity contribution in [2.75, 3.05) is 6.61 Å². The van der Waals surface area contributed by atoms with Crippen molar-refractivity contribution in [2.45, 2.75) is 83.4 Å². The Balaban J connectivity index is 1.79. The van der Waals surface area contributed by atoms with Crippen LogP contribution in [0.25, 0.3) is 0 Å². The summed E-state index contributed by atoms with van der Waals surface area (Å²) in [5, 5.41) is 10.6. The van der Waals surface area contributed by atoms with Crippen LogP contribution in [0.4, 0.5) is 0 Å². The van der Waals surface area contributed by atoms with Crippen molar-refractivity contribution in [2.24, 2.45) is 29.6 Å². The summed E-state index contributed by atoms with van der Waals surface area (Å²) in [5.74, 6) is 1.47. The lowest BCUT2D eigenvalue weighted by Crippen LogP contribution is -2.52. The van der Waals surface area contributed by atoms with Gasteiger partial charge in [-0.1, -0.05) is 20.4 Å². The minimum Gasteiger partial charge on any atom is -0.462 e. The topological polar surface area (TPSA) is 65.0 Å². The summed E-state index contributed by atoms with van der Waals surface area (Å²) >= 11 is 0. The molecule has 2 bridgehead atoms. The van der Waals surface area contributed by atoms with Crippen molar-refractivity contribution in [1.82, 2.24) is 0 Å². The number of hydrogen-bond acceptors (Lipinski definition) is 5. The largest absolute Gasteiger partial charge is 0.462 e. The van der Waals surface area contributed by atoms with Gasteiger partial charge in [-0.15, -0.1) is 0 Å². The molecule has 27 heavy (non-hydrogen) atoms. The van der Waals surface area contributed by atoms with Crippen molar-refractivity contribution in [3.05, 3.63) is 12.2 Å². The standard InChI is InChI=1S/C22H34O5/c1-11-9-17-19-18-15(8-12(2)20(19)26-14(4)23)13(3)10-25-22(5,21(18)27-17)7-6-16(11)24/h12-13,15-21,24H,1,6-10H2,2-5H3/t12-,13+,15+,16+,17+,18+,19+,20-,21+,22+/m1/s1. The van der Waals surface area contributed by atoms with Gasteiger partial charge < -0.3 is 19.3 Å². The van der Waals surface area contributed by atoms with Gasteiger partial charge in [0, 0.05) is 12.8 Å². The van der Waals surface area contributed by atoms with Crippen molar-refractivity contribution < 1.29 is 24.1 Å². The number of rotatable bonds is 1. The van der Waals surface area contributed by atoms with E-state index < -0.39 is 11.7 Å². The molecule has 10 atom stereocenters. The molecule has 4 fully saturated rings. The Morgan fingerprint density at radius 2 is 2.04 bits per heavy atom. The Morgan fingerprint density at radius 3 is 2.74 bits per heavy atom. The molecule has 3 aliphatic heterocycles. The van der Waals surface area contributed by atoms with Gasteiger partial charge in [-0.05, 0) is 61.9 Å². The Morgan fingerprint density at radius 1 is 1.30 bits per heavy atom. The molecule has 3 saturated heterocycles. The summed E-state index contributed by atoms with van der Waals surface area (Å²) in [6.07, 6.45) is 2.29. The normalized spacial score (nSPS) is 52.3. The number of carbonyl (C=O) groups excluding carboxylic acids is 1. The van der Waals surface area contributed by atoms with Crippen LogP contribution in [0.5, 0.6) is 0 Å². The second kappa shape index (κ2) is 6.85. The fourth-order valence-corrected chi connectivity index (χ4v) is 6.36. The average molecular weight is 379 g/mol. The molecule has 0 radical (unpaired) electrons. The molecule has 1 saturated carbocycles.